The third-order valence-corrected chi connectivity index (χ3v) is 2.22. The summed E-state index contributed by atoms with van der Waals surface area (Å²) in [6.07, 6.45) is 0.467. The molecule has 1 rings (SSSR count). The Morgan fingerprint density at radius 3 is 2.62 bits per heavy atom. The first-order chi connectivity index (χ1) is 7.76. The highest BCUT2D eigenvalue weighted by atomic mass is 16.5. The summed E-state index contributed by atoms with van der Waals surface area (Å²) in [5, 5.41) is 11.9. The van der Waals surface area contributed by atoms with Crippen molar-refractivity contribution in [3.63, 3.8) is 0 Å². The van der Waals surface area contributed by atoms with Crippen LogP contribution in [0.1, 0.15) is 19.4 Å². The number of hydrogen-bond donors (Lipinski definition) is 1. The summed E-state index contributed by atoms with van der Waals surface area (Å²) in [4.78, 5) is 0. The lowest BCUT2D eigenvalue weighted by Crippen LogP contribution is -2.21. The van der Waals surface area contributed by atoms with Gasteiger partial charge in [0.15, 0.2) is 0 Å². The number of rotatable bonds is 6. The summed E-state index contributed by atoms with van der Waals surface area (Å²) in [7, 11) is 0. The molecule has 0 aromatic heterocycles. The van der Waals surface area contributed by atoms with E-state index in [1.54, 1.807) is 0 Å². The Kier molecular flexibility index (Phi) is 5.38. The van der Waals surface area contributed by atoms with E-state index in [0.29, 0.717) is 19.1 Å². The van der Waals surface area contributed by atoms with E-state index in [0.717, 1.165) is 17.9 Å². The molecule has 1 N–H and O–H groups in total. The third-order valence-electron chi connectivity index (χ3n) is 2.22. The second-order valence-electron chi connectivity index (χ2n) is 3.74. The van der Waals surface area contributed by atoms with Crippen LogP contribution in [0, 0.1) is 11.3 Å². The zero-order valence-corrected chi connectivity index (χ0v) is 9.86. The Balaban J connectivity index is 2.45. The fourth-order valence-electron chi connectivity index (χ4n) is 1.43. The van der Waals surface area contributed by atoms with Crippen LogP contribution >= 0.6 is 0 Å². The standard InChI is InChI=1S/C13H18N2O/c1-3-16-10-11(2)15-13-6-4-12(5-7-13)8-9-14/h4-7,11,15H,3,8,10H2,1-2H3. The van der Waals surface area contributed by atoms with Gasteiger partial charge in [0, 0.05) is 18.3 Å². The lowest BCUT2D eigenvalue weighted by Gasteiger charge is -2.15. The van der Waals surface area contributed by atoms with E-state index in [1.165, 1.54) is 0 Å². The summed E-state index contributed by atoms with van der Waals surface area (Å²) < 4.78 is 5.32. The Hall–Kier alpha value is -1.53. The second kappa shape index (κ2) is 6.86. The minimum atomic E-state index is 0.293. The van der Waals surface area contributed by atoms with Crippen molar-refractivity contribution < 1.29 is 4.74 Å². The van der Waals surface area contributed by atoms with Crippen LogP contribution in [0.15, 0.2) is 24.3 Å². The van der Waals surface area contributed by atoms with Gasteiger partial charge in [-0.1, -0.05) is 12.1 Å². The summed E-state index contributed by atoms with van der Waals surface area (Å²) in [5.41, 5.74) is 2.11. The van der Waals surface area contributed by atoms with Gasteiger partial charge in [0.25, 0.3) is 0 Å². The monoisotopic (exact) mass is 218 g/mol. The van der Waals surface area contributed by atoms with E-state index < -0.39 is 0 Å². The topological polar surface area (TPSA) is 45.0 Å². The molecule has 1 unspecified atom stereocenters. The van der Waals surface area contributed by atoms with Crippen LogP contribution in [0.2, 0.25) is 0 Å². The van der Waals surface area contributed by atoms with Gasteiger partial charge < -0.3 is 10.1 Å². The van der Waals surface area contributed by atoms with Gasteiger partial charge in [-0.2, -0.15) is 5.26 Å². The maximum absolute atomic E-state index is 8.55. The van der Waals surface area contributed by atoms with E-state index in [2.05, 4.69) is 18.3 Å². The van der Waals surface area contributed by atoms with Gasteiger partial charge in [0.1, 0.15) is 0 Å². The summed E-state index contributed by atoms with van der Waals surface area (Å²) in [6, 6.07) is 10.4. The molecule has 0 amide bonds. The Bertz CT molecular complexity index is 340. The number of nitrogens with zero attached hydrogens (tertiary/aromatic N) is 1. The lowest BCUT2D eigenvalue weighted by molar-refractivity contribution is 0.141. The van der Waals surface area contributed by atoms with E-state index in [4.69, 9.17) is 10.00 Å². The van der Waals surface area contributed by atoms with Crippen molar-refractivity contribution in [2.75, 3.05) is 18.5 Å². The van der Waals surface area contributed by atoms with Gasteiger partial charge in [-0.3, -0.25) is 0 Å². The van der Waals surface area contributed by atoms with Crippen LogP contribution in [0.25, 0.3) is 0 Å². The van der Waals surface area contributed by atoms with Crippen LogP contribution in [0.3, 0.4) is 0 Å². The molecule has 1 aromatic rings. The molecule has 0 bridgehead atoms. The highest BCUT2D eigenvalue weighted by Crippen LogP contribution is 2.11. The maximum atomic E-state index is 8.55. The molecule has 0 saturated carbocycles. The van der Waals surface area contributed by atoms with Crippen LogP contribution in [0.4, 0.5) is 5.69 Å². The van der Waals surface area contributed by atoms with Crippen molar-refractivity contribution >= 4 is 5.69 Å². The first kappa shape index (κ1) is 12.5. The highest BCUT2D eigenvalue weighted by Gasteiger charge is 2.01. The molecule has 0 saturated heterocycles. The van der Waals surface area contributed by atoms with Crippen LogP contribution in [-0.4, -0.2) is 19.3 Å². The van der Waals surface area contributed by atoms with Gasteiger partial charge >= 0.3 is 0 Å². The largest absolute Gasteiger partial charge is 0.380 e. The van der Waals surface area contributed by atoms with Crippen molar-refractivity contribution in [1.82, 2.24) is 0 Å². The van der Waals surface area contributed by atoms with E-state index in [1.807, 2.05) is 31.2 Å². The molecule has 0 spiro atoms. The molecular weight excluding hydrogens is 200 g/mol. The SMILES string of the molecule is CCOCC(C)Nc1ccc(CC#N)cc1. The van der Waals surface area contributed by atoms with Crippen molar-refractivity contribution in [2.45, 2.75) is 26.3 Å². The smallest absolute Gasteiger partial charge is 0.0669 e. The molecule has 0 heterocycles. The molecule has 86 valence electrons. The highest BCUT2D eigenvalue weighted by molar-refractivity contribution is 5.45. The van der Waals surface area contributed by atoms with Crippen LogP contribution < -0.4 is 5.32 Å². The third kappa shape index (κ3) is 4.33. The number of hydrogen-bond acceptors (Lipinski definition) is 3. The number of anilines is 1. The van der Waals surface area contributed by atoms with E-state index >= 15 is 0 Å². The van der Waals surface area contributed by atoms with E-state index in [9.17, 15) is 0 Å². The van der Waals surface area contributed by atoms with Crippen LogP contribution in [0.5, 0.6) is 0 Å². The molecule has 0 aliphatic carbocycles. The molecule has 0 radical (unpaired) electrons. The Morgan fingerprint density at radius 1 is 1.38 bits per heavy atom. The van der Waals surface area contributed by atoms with Gasteiger partial charge in [-0.25, -0.2) is 0 Å². The Labute approximate surface area is 97.0 Å². The van der Waals surface area contributed by atoms with Gasteiger partial charge in [0.05, 0.1) is 19.1 Å². The number of nitrogens with one attached hydrogen (secondary N) is 1. The van der Waals surface area contributed by atoms with E-state index in [-0.39, 0.29) is 0 Å². The zero-order valence-electron chi connectivity index (χ0n) is 9.86. The van der Waals surface area contributed by atoms with Crippen LogP contribution in [-0.2, 0) is 11.2 Å². The number of benzene rings is 1. The van der Waals surface area contributed by atoms with Gasteiger partial charge in [0.2, 0.25) is 0 Å². The maximum Gasteiger partial charge on any atom is 0.0669 e. The lowest BCUT2D eigenvalue weighted by atomic mass is 10.1. The first-order valence-corrected chi connectivity index (χ1v) is 5.56. The van der Waals surface area contributed by atoms with Crippen molar-refractivity contribution in [3.8, 4) is 6.07 Å². The molecule has 1 atom stereocenters. The van der Waals surface area contributed by atoms with Gasteiger partial charge in [-0.05, 0) is 31.5 Å². The predicted molar refractivity (Wildman–Crippen MR) is 65.3 cm³/mol. The molecule has 3 heteroatoms. The van der Waals surface area contributed by atoms with Crippen molar-refractivity contribution in [3.05, 3.63) is 29.8 Å². The molecule has 0 aliphatic rings. The minimum Gasteiger partial charge on any atom is -0.380 e. The minimum absolute atomic E-state index is 0.293. The molecular formula is C13H18N2O. The fraction of sp³-hybridized carbons (Fsp3) is 0.462. The second-order valence-corrected chi connectivity index (χ2v) is 3.74. The molecule has 0 aliphatic heterocycles. The Morgan fingerprint density at radius 2 is 2.06 bits per heavy atom. The van der Waals surface area contributed by atoms with Crippen molar-refractivity contribution in [1.29, 1.82) is 5.26 Å². The molecule has 1 aromatic carbocycles. The summed E-state index contributed by atoms with van der Waals surface area (Å²) in [5.74, 6) is 0. The molecule has 0 fully saturated rings. The predicted octanol–water partition coefficient (Wildman–Crippen LogP) is 2.59. The average Bonchev–Trinajstić information content (AvgIpc) is 2.29. The summed E-state index contributed by atoms with van der Waals surface area (Å²) >= 11 is 0. The average molecular weight is 218 g/mol. The first-order valence-electron chi connectivity index (χ1n) is 5.56. The molecule has 3 nitrogen and oxygen atoms in total. The van der Waals surface area contributed by atoms with Crippen molar-refractivity contribution in [2.24, 2.45) is 0 Å². The molecule has 16 heavy (non-hydrogen) atoms. The summed E-state index contributed by atoms with van der Waals surface area (Å²) in [6.45, 7) is 5.52. The normalized spacial score (nSPS) is 11.8. The number of ether oxygens (including phenoxy) is 1. The van der Waals surface area contributed by atoms with Gasteiger partial charge in [-0.15, -0.1) is 0 Å². The fourth-order valence-corrected chi connectivity index (χ4v) is 1.43. The number of nitriles is 1. The quantitative estimate of drug-likeness (QED) is 0.798. The zero-order chi connectivity index (χ0) is 11.8.